The third-order valence-electron chi connectivity index (χ3n) is 6.44. The third kappa shape index (κ3) is 5.74. The summed E-state index contributed by atoms with van der Waals surface area (Å²) in [5.74, 6) is -0.549. The first-order chi connectivity index (χ1) is 16.2. The van der Waals surface area contributed by atoms with Gasteiger partial charge in [0, 0.05) is 29.6 Å². The smallest absolute Gasteiger partial charge is 0.336 e. The van der Waals surface area contributed by atoms with Crippen molar-refractivity contribution in [2.45, 2.75) is 59.5 Å². The molecule has 1 heterocycles. The molecule has 2 amide bonds. The molecule has 2 atom stereocenters. The molecule has 0 unspecified atom stereocenters. The number of nitrogens with zero attached hydrogens (tertiary/aromatic N) is 1. The number of rotatable bonds is 8. The molecule has 6 heteroatoms. The third-order valence-corrected chi connectivity index (χ3v) is 6.44. The van der Waals surface area contributed by atoms with Crippen LogP contribution in [0.25, 0.3) is 0 Å². The summed E-state index contributed by atoms with van der Waals surface area (Å²) >= 11 is 0. The summed E-state index contributed by atoms with van der Waals surface area (Å²) in [4.78, 5) is 40.2. The molecule has 0 saturated carbocycles. The van der Waals surface area contributed by atoms with Crippen LogP contribution in [0.3, 0.4) is 0 Å². The number of ether oxygens (including phenoxy) is 1. The van der Waals surface area contributed by atoms with Crippen LogP contribution in [0.5, 0.6) is 0 Å². The van der Waals surface area contributed by atoms with Gasteiger partial charge in [-0.05, 0) is 49.9 Å². The molecular weight excluding hydrogens is 428 g/mol. The van der Waals surface area contributed by atoms with Crippen LogP contribution >= 0.6 is 0 Å². The number of benzene rings is 2. The lowest BCUT2D eigenvalue weighted by atomic mass is 9.83. The lowest BCUT2D eigenvalue weighted by molar-refractivity contribution is -0.140. The number of amides is 2. The van der Waals surface area contributed by atoms with Gasteiger partial charge in [0.15, 0.2) is 0 Å². The average molecular weight is 463 g/mol. The molecule has 0 aliphatic carbocycles. The van der Waals surface area contributed by atoms with Crippen molar-refractivity contribution in [3.8, 4) is 0 Å². The summed E-state index contributed by atoms with van der Waals surface area (Å²) in [6.07, 6.45) is 0.198. The van der Waals surface area contributed by atoms with Crippen LogP contribution in [-0.2, 0) is 20.9 Å². The minimum atomic E-state index is -0.391. The maximum Gasteiger partial charge on any atom is 0.336 e. The Balaban J connectivity index is 1.85. The first-order valence-corrected chi connectivity index (χ1v) is 11.9. The Morgan fingerprint density at radius 1 is 1.06 bits per heavy atom. The van der Waals surface area contributed by atoms with Gasteiger partial charge in [0.2, 0.25) is 5.91 Å². The second kappa shape index (κ2) is 11.1. The van der Waals surface area contributed by atoms with Crippen LogP contribution in [0.4, 0.5) is 0 Å². The average Bonchev–Trinajstić information content (AvgIpc) is 2.82. The molecule has 1 N–H and O–H groups in total. The molecule has 6 nitrogen and oxygen atoms in total. The monoisotopic (exact) mass is 462 g/mol. The quantitative estimate of drug-likeness (QED) is 0.571. The van der Waals surface area contributed by atoms with E-state index in [9.17, 15) is 14.4 Å². The maximum absolute atomic E-state index is 13.2. The van der Waals surface area contributed by atoms with E-state index < -0.39 is 5.97 Å². The molecule has 0 radical (unpaired) electrons. The Kier molecular flexibility index (Phi) is 8.26. The zero-order valence-electron chi connectivity index (χ0n) is 20.6. The fraction of sp³-hybridized carbons (Fsp3) is 0.393. The predicted molar refractivity (Wildman–Crippen MR) is 132 cm³/mol. The van der Waals surface area contributed by atoms with E-state index in [0.29, 0.717) is 29.3 Å². The first kappa shape index (κ1) is 25.2. The molecule has 0 bridgehead atoms. The Labute approximate surface area is 202 Å². The summed E-state index contributed by atoms with van der Waals surface area (Å²) < 4.78 is 5.35. The summed E-state index contributed by atoms with van der Waals surface area (Å²) in [6.45, 7) is 10.3. The standard InChI is InChI=1S/C28H34N2O4/c1-6-34-28(33)26-20(5)30(25(31)16-24(26)22-10-8-7-9-11-22)17-21-12-14-23(15-13-21)27(32)29-19(4)18(2)3/h7-15,18-19,24H,6,16-17H2,1-5H3,(H,29,32)/t19-,24+/m0/s1. The molecule has 0 saturated heterocycles. The first-order valence-electron chi connectivity index (χ1n) is 11.9. The van der Waals surface area contributed by atoms with E-state index in [1.165, 1.54) is 0 Å². The molecule has 2 aromatic rings. The van der Waals surface area contributed by atoms with Gasteiger partial charge in [-0.25, -0.2) is 4.79 Å². The lowest BCUT2D eigenvalue weighted by Crippen LogP contribution is -2.38. The molecule has 180 valence electrons. The summed E-state index contributed by atoms with van der Waals surface area (Å²) in [7, 11) is 0. The number of allylic oxidation sites excluding steroid dienone is 1. The zero-order chi connectivity index (χ0) is 24.8. The highest BCUT2D eigenvalue weighted by Crippen LogP contribution is 2.37. The number of carbonyl (C=O) groups is 3. The number of carbonyl (C=O) groups excluding carboxylic acids is 3. The van der Waals surface area contributed by atoms with Crippen LogP contribution in [-0.4, -0.2) is 35.3 Å². The SMILES string of the molecule is CCOC(=O)C1=C(C)N(Cc2ccc(C(=O)N[C@@H](C)C(C)C)cc2)C(=O)C[C@@H]1c1ccccc1. The molecule has 2 aromatic carbocycles. The van der Waals surface area contributed by atoms with E-state index in [0.717, 1.165) is 11.1 Å². The van der Waals surface area contributed by atoms with E-state index in [1.54, 1.807) is 30.9 Å². The number of hydrogen-bond acceptors (Lipinski definition) is 4. The number of hydrogen-bond donors (Lipinski definition) is 1. The van der Waals surface area contributed by atoms with Crippen molar-refractivity contribution >= 4 is 17.8 Å². The van der Waals surface area contributed by atoms with Gasteiger partial charge in [0.25, 0.3) is 5.91 Å². The Morgan fingerprint density at radius 3 is 2.29 bits per heavy atom. The van der Waals surface area contributed by atoms with E-state index in [2.05, 4.69) is 19.2 Å². The second-order valence-corrected chi connectivity index (χ2v) is 9.07. The predicted octanol–water partition coefficient (Wildman–Crippen LogP) is 4.81. The minimum absolute atomic E-state index is 0.0491. The topological polar surface area (TPSA) is 75.7 Å². The molecule has 0 spiro atoms. The largest absolute Gasteiger partial charge is 0.463 e. The van der Waals surface area contributed by atoms with E-state index >= 15 is 0 Å². The highest BCUT2D eigenvalue weighted by Gasteiger charge is 2.36. The molecule has 3 rings (SSSR count). The van der Waals surface area contributed by atoms with E-state index in [1.807, 2.05) is 49.4 Å². The van der Waals surface area contributed by atoms with Crippen molar-refractivity contribution in [3.05, 3.63) is 82.6 Å². The zero-order valence-corrected chi connectivity index (χ0v) is 20.6. The highest BCUT2D eigenvalue weighted by atomic mass is 16.5. The molecule has 0 aromatic heterocycles. The number of esters is 1. The van der Waals surface area contributed by atoms with Crippen LogP contribution in [0.2, 0.25) is 0 Å². The van der Waals surface area contributed by atoms with Crippen LogP contribution in [0.15, 0.2) is 65.9 Å². The molecule has 34 heavy (non-hydrogen) atoms. The summed E-state index contributed by atoms with van der Waals surface area (Å²) in [5.41, 5.74) is 3.50. The van der Waals surface area contributed by atoms with Crippen molar-refractivity contribution in [2.75, 3.05) is 6.61 Å². The number of nitrogens with one attached hydrogen (secondary N) is 1. The van der Waals surface area contributed by atoms with E-state index in [4.69, 9.17) is 4.74 Å². The van der Waals surface area contributed by atoms with Crippen molar-refractivity contribution in [1.29, 1.82) is 0 Å². The van der Waals surface area contributed by atoms with Gasteiger partial charge in [-0.15, -0.1) is 0 Å². The fourth-order valence-corrected chi connectivity index (χ4v) is 4.05. The van der Waals surface area contributed by atoms with Crippen molar-refractivity contribution in [3.63, 3.8) is 0 Å². The van der Waals surface area contributed by atoms with Crippen molar-refractivity contribution < 1.29 is 19.1 Å². The second-order valence-electron chi connectivity index (χ2n) is 9.07. The van der Waals surface area contributed by atoms with Gasteiger partial charge in [-0.1, -0.05) is 56.3 Å². The summed E-state index contributed by atoms with van der Waals surface area (Å²) in [6, 6.07) is 16.9. The lowest BCUT2D eigenvalue weighted by Gasteiger charge is -2.34. The molecule has 1 aliphatic rings. The maximum atomic E-state index is 13.2. The van der Waals surface area contributed by atoms with Crippen LogP contribution < -0.4 is 5.32 Å². The minimum Gasteiger partial charge on any atom is -0.463 e. The van der Waals surface area contributed by atoms with Crippen molar-refractivity contribution in [1.82, 2.24) is 10.2 Å². The summed E-state index contributed by atoms with van der Waals surface area (Å²) in [5, 5.41) is 3.00. The van der Waals surface area contributed by atoms with Crippen molar-refractivity contribution in [2.24, 2.45) is 5.92 Å². The molecular formula is C28H34N2O4. The fourth-order valence-electron chi connectivity index (χ4n) is 4.05. The van der Waals surface area contributed by atoms with Gasteiger partial charge >= 0.3 is 5.97 Å². The Morgan fingerprint density at radius 2 is 1.71 bits per heavy atom. The molecule has 1 aliphatic heterocycles. The Bertz CT molecular complexity index is 1060. The highest BCUT2D eigenvalue weighted by molar-refractivity contribution is 5.96. The Hall–Kier alpha value is -3.41. The normalized spacial score (nSPS) is 17.1. The van der Waals surface area contributed by atoms with Gasteiger partial charge in [-0.3, -0.25) is 9.59 Å². The van der Waals surface area contributed by atoms with Crippen LogP contribution in [0.1, 0.15) is 68.4 Å². The van der Waals surface area contributed by atoms with Crippen LogP contribution in [0, 0.1) is 5.92 Å². The van der Waals surface area contributed by atoms with E-state index in [-0.39, 0.29) is 36.8 Å². The molecule has 0 fully saturated rings. The van der Waals surface area contributed by atoms with Gasteiger partial charge < -0.3 is 15.0 Å². The van der Waals surface area contributed by atoms with Gasteiger partial charge in [0.1, 0.15) is 0 Å². The van der Waals surface area contributed by atoms with Gasteiger partial charge in [0.05, 0.1) is 18.7 Å². The van der Waals surface area contributed by atoms with Gasteiger partial charge in [-0.2, -0.15) is 0 Å².